The summed E-state index contributed by atoms with van der Waals surface area (Å²) < 4.78 is 15.9. The quantitative estimate of drug-likeness (QED) is 0.502. The number of fused-ring (bicyclic) bond motifs is 2. The highest BCUT2D eigenvalue weighted by molar-refractivity contribution is 8.04. The van der Waals surface area contributed by atoms with Crippen LogP contribution in [-0.4, -0.2) is 43.8 Å². The molecule has 0 spiro atoms. The van der Waals surface area contributed by atoms with Crippen LogP contribution in [0.25, 0.3) is 0 Å². The van der Waals surface area contributed by atoms with E-state index in [-0.39, 0.29) is 40.4 Å². The molecular weight excluding hydrogens is 432 g/mol. The lowest BCUT2D eigenvalue weighted by Gasteiger charge is -2.38. The Kier molecular flexibility index (Phi) is 5.64. The van der Waals surface area contributed by atoms with E-state index in [1.54, 1.807) is 44.2 Å². The van der Waals surface area contributed by atoms with Gasteiger partial charge in [0.25, 0.3) is 0 Å². The minimum Gasteiger partial charge on any atom is -0.497 e. The molecule has 0 bridgehead atoms. The van der Waals surface area contributed by atoms with Crippen molar-refractivity contribution in [3.05, 3.63) is 69.6 Å². The van der Waals surface area contributed by atoms with Crippen molar-refractivity contribution in [2.45, 2.75) is 24.2 Å². The van der Waals surface area contributed by atoms with Crippen LogP contribution in [0.15, 0.2) is 57.8 Å². The van der Waals surface area contributed by atoms with Crippen LogP contribution in [0.1, 0.15) is 40.1 Å². The zero-order valence-corrected chi connectivity index (χ0v) is 18.5. The highest BCUT2D eigenvalue weighted by atomic mass is 32.2. The average molecular weight is 452 g/mol. The average Bonchev–Trinajstić information content (AvgIpc) is 2.81. The first kappa shape index (κ1) is 21.8. The molecule has 1 aliphatic heterocycles. The van der Waals surface area contributed by atoms with Crippen molar-refractivity contribution in [1.29, 1.82) is 0 Å². The first-order chi connectivity index (χ1) is 15.4. The lowest BCUT2D eigenvalue weighted by Crippen LogP contribution is -2.52. The SMILES string of the molecule is CCOC(=O)C1(C(=O)OCC)C2=C(Sc3ccc(OC)cc31)C(=O)c1ccccc1C2=O. The number of Topliss-reactive ketones (excluding diaryl/α,β-unsaturated/α-hetero) is 2. The number of thioether (sulfide) groups is 1. The van der Waals surface area contributed by atoms with Crippen molar-refractivity contribution in [3.63, 3.8) is 0 Å². The molecule has 0 amide bonds. The molecule has 0 saturated carbocycles. The zero-order chi connectivity index (χ0) is 23.0. The van der Waals surface area contributed by atoms with Gasteiger partial charge in [-0.1, -0.05) is 36.0 Å². The predicted molar refractivity (Wildman–Crippen MR) is 116 cm³/mol. The fourth-order valence-corrected chi connectivity index (χ4v) is 5.27. The molecule has 0 radical (unpaired) electrons. The summed E-state index contributed by atoms with van der Waals surface area (Å²) in [5.41, 5.74) is -1.94. The summed E-state index contributed by atoms with van der Waals surface area (Å²) in [5.74, 6) is -2.58. The smallest absolute Gasteiger partial charge is 0.332 e. The van der Waals surface area contributed by atoms with Crippen molar-refractivity contribution in [3.8, 4) is 5.75 Å². The van der Waals surface area contributed by atoms with Crippen molar-refractivity contribution < 1.29 is 33.4 Å². The Bertz CT molecular complexity index is 1180. The van der Waals surface area contributed by atoms with Crippen LogP contribution in [0.2, 0.25) is 0 Å². The van der Waals surface area contributed by atoms with Crippen LogP contribution in [0.3, 0.4) is 0 Å². The van der Waals surface area contributed by atoms with E-state index in [1.807, 2.05) is 0 Å². The highest BCUT2D eigenvalue weighted by Gasteiger charge is 2.62. The summed E-state index contributed by atoms with van der Waals surface area (Å²) >= 11 is 1.05. The van der Waals surface area contributed by atoms with E-state index in [0.717, 1.165) is 11.8 Å². The number of hydrogen-bond acceptors (Lipinski definition) is 8. The largest absolute Gasteiger partial charge is 0.497 e. The number of hydrogen-bond donors (Lipinski definition) is 0. The Morgan fingerprint density at radius 1 is 0.906 bits per heavy atom. The summed E-state index contributed by atoms with van der Waals surface area (Å²) in [5, 5.41) is 0. The van der Waals surface area contributed by atoms with E-state index >= 15 is 0 Å². The first-order valence-corrected chi connectivity index (χ1v) is 10.9. The molecule has 2 aromatic rings. The van der Waals surface area contributed by atoms with E-state index in [2.05, 4.69) is 0 Å². The van der Waals surface area contributed by atoms with Gasteiger partial charge in [-0.25, -0.2) is 0 Å². The summed E-state index contributed by atoms with van der Waals surface area (Å²) in [4.78, 5) is 54.7. The van der Waals surface area contributed by atoms with Gasteiger partial charge in [0.1, 0.15) is 5.75 Å². The van der Waals surface area contributed by atoms with E-state index in [0.29, 0.717) is 10.6 Å². The molecule has 4 rings (SSSR count). The second-order valence-corrected chi connectivity index (χ2v) is 8.12. The van der Waals surface area contributed by atoms with Crippen LogP contribution >= 0.6 is 11.8 Å². The van der Waals surface area contributed by atoms with Crippen molar-refractivity contribution >= 4 is 35.3 Å². The fourth-order valence-electron chi connectivity index (χ4n) is 4.04. The second kappa shape index (κ2) is 8.27. The highest BCUT2D eigenvalue weighted by Crippen LogP contribution is 2.54. The third-order valence-corrected chi connectivity index (χ3v) is 6.59. The maximum Gasteiger partial charge on any atom is 0.332 e. The number of carbonyl (C=O) groups excluding carboxylic acids is 4. The maximum atomic E-state index is 13.7. The Labute approximate surface area is 188 Å². The van der Waals surface area contributed by atoms with Gasteiger partial charge in [0.05, 0.1) is 30.8 Å². The molecule has 2 aliphatic rings. The standard InChI is InChI=1S/C24H20O7S/c1-4-30-22(27)24(23(28)31-5-2)16-12-13(29-3)10-11-17(16)32-21-18(24)19(25)14-8-6-7-9-15(14)20(21)26/h6-12H,4-5H2,1-3H3. The Morgan fingerprint density at radius 3 is 2.06 bits per heavy atom. The van der Waals surface area contributed by atoms with E-state index in [1.165, 1.54) is 19.2 Å². The Balaban J connectivity index is 2.12. The van der Waals surface area contributed by atoms with Crippen LogP contribution in [0.4, 0.5) is 0 Å². The van der Waals surface area contributed by atoms with E-state index < -0.39 is 28.9 Å². The third-order valence-electron chi connectivity index (χ3n) is 5.42. The van der Waals surface area contributed by atoms with Crippen LogP contribution in [0, 0.1) is 0 Å². The molecule has 7 nitrogen and oxygen atoms in total. The molecule has 1 heterocycles. The molecule has 0 fully saturated rings. The molecule has 32 heavy (non-hydrogen) atoms. The van der Waals surface area contributed by atoms with Crippen molar-refractivity contribution in [2.75, 3.05) is 20.3 Å². The molecule has 8 heteroatoms. The summed E-state index contributed by atoms with van der Waals surface area (Å²) in [6.07, 6.45) is 0. The minimum absolute atomic E-state index is 0.0208. The normalized spacial score (nSPS) is 16.0. The Morgan fingerprint density at radius 2 is 1.50 bits per heavy atom. The van der Waals surface area contributed by atoms with Gasteiger partial charge in [0.2, 0.25) is 11.2 Å². The van der Waals surface area contributed by atoms with Gasteiger partial charge >= 0.3 is 11.9 Å². The summed E-state index contributed by atoms with van der Waals surface area (Å²) in [7, 11) is 1.45. The lowest BCUT2D eigenvalue weighted by atomic mass is 9.68. The van der Waals surface area contributed by atoms with Crippen LogP contribution in [0.5, 0.6) is 5.75 Å². The maximum absolute atomic E-state index is 13.7. The number of benzene rings is 2. The van der Waals surface area contributed by atoms with Crippen molar-refractivity contribution in [2.24, 2.45) is 0 Å². The molecular formula is C24H20O7S. The van der Waals surface area contributed by atoms with Crippen LogP contribution < -0.4 is 4.74 Å². The Hall–Kier alpha value is -3.39. The number of carbonyl (C=O) groups is 4. The summed E-state index contributed by atoms with van der Waals surface area (Å²) in [6, 6.07) is 11.2. The number of esters is 2. The molecule has 0 saturated heterocycles. The minimum atomic E-state index is -2.25. The van der Waals surface area contributed by atoms with Gasteiger partial charge in [0.15, 0.2) is 5.78 Å². The first-order valence-electron chi connectivity index (χ1n) is 10.1. The fraction of sp³-hybridized carbons (Fsp3) is 0.250. The molecule has 0 aromatic heterocycles. The predicted octanol–water partition coefficient (Wildman–Crippen LogP) is 3.50. The molecule has 164 valence electrons. The summed E-state index contributed by atoms with van der Waals surface area (Å²) in [6.45, 7) is 3.13. The molecule has 2 aromatic carbocycles. The topological polar surface area (TPSA) is 96.0 Å². The van der Waals surface area contributed by atoms with E-state index in [4.69, 9.17) is 14.2 Å². The van der Waals surface area contributed by atoms with Gasteiger partial charge in [-0.3, -0.25) is 19.2 Å². The number of allylic oxidation sites excluding steroid dienone is 1. The van der Waals surface area contributed by atoms with Gasteiger partial charge in [0, 0.05) is 21.6 Å². The van der Waals surface area contributed by atoms with Gasteiger partial charge in [-0.05, 0) is 32.0 Å². The molecule has 0 unspecified atom stereocenters. The number of methoxy groups -OCH3 is 1. The van der Waals surface area contributed by atoms with E-state index in [9.17, 15) is 19.2 Å². The van der Waals surface area contributed by atoms with Crippen LogP contribution in [-0.2, 0) is 24.5 Å². The zero-order valence-electron chi connectivity index (χ0n) is 17.7. The van der Waals surface area contributed by atoms with Gasteiger partial charge < -0.3 is 14.2 Å². The number of ether oxygens (including phenoxy) is 3. The molecule has 0 atom stereocenters. The number of rotatable bonds is 5. The van der Waals surface area contributed by atoms with Gasteiger partial charge in [-0.2, -0.15) is 0 Å². The molecule has 0 N–H and O–H groups in total. The lowest BCUT2D eigenvalue weighted by molar-refractivity contribution is -0.162. The van der Waals surface area contributed by atoms with Gasteiger partial charge in [-0.15, -0.1) is 0 Å². The van der Waals surface area contributed by atoms with Crippen molar-refractivity contribution in [1.82, 2.24) is 0 Å². The second-order valence-electron chi connectivity index (χ2n) is 7.06. The third kappa shape index (κ3) is 2.97. The monoisotopic (exact) mass is 452 g/mol. The molecule has 1 aliphatic carbocycles. The number of ketones is 2.